The van der Waals surface area contributed by atoms with Crippen LogP contribution < -0.4 is 19.6 Å². The summed E-state index contributed by atoms with van der Waals surface area (Å²) in [5.74, 6) is 1.90. The van der Waals surface area contributed by atoms with Crippen LogP contribution in [0.2, 0.25) is 5.02 Å². The third-order valence-electron chi connectivity index (χ3n) is 4.87. The van der Waals surface area contributed by atoms with Crippen molar-refractivity contribution in [2.24, 2.45) is 5.92 Å². The van der Waals surface area contributed by atoms with Crippen molar-refractivity contribution >= 4 is 11.6 Å². The number of hydrogen-bond donors (Lipinski definition) is 0. The van der Waals surface area contributed by atoms with E-state index in [9.17, 15) is 4.79 Å². The Balaban J connectivity index is 2.13. The summed E-state index contributed by atoms with van der Waals surface area (Å²) in [6.07, 6.45) is 3.77. The molecule has 5 nitrogen and oxygen atoms in total. The molecule has 2 heterocycles. The van der Waals surface area contributed by atoms with Crippen molar-refractivity contribution in [2.75, 3.05) is 20.3 Å². The van der Waals surface area contributed by atoms with Crippen LogP contribution >= 0.6 is 11.6 Å². The van der Waals surface area contributed by atoms with E-state index in [1.165, 1.54) is 7.11 Å². The first-order valence-electron chi connectivity index (χ1n) is 9.36. The number of rotatable bonds is 6. The van der Waals surface area contributed by atoms with Gasteiger partial charge in [0.15, 0.2) is 5.75 Å². The van der Waals surface area contributed by atoms with Gasteiger partial charge in [-0.15, -0.1) is 0 Å². The van der Waals surface area contributed by atoms with Crippen LogP contribution in [0.1, 0.15) is 39.7 Å². The highest BCUT2D eigenvalue weighted by Crippen LogP contribution is 2.42. The molecule has 0 saturated heterocycles. The molecule has 0 radical (unpaired) electrons. The zero-order chi connectivity index (χ0) is 19.6. The zero-order valence-corrected chi connectivity index (χ0v) is 17.0. The summed E-state index contributed by atoms with van der Waals surface area (Å²) >= 11 is 6.46. The van der Waals surface area contributed by atoms with Crippen molar-refractivity contribution in [3.8, 4) is 28.5 Å². The standard InChI is InChI=1S/C21H26ClNO4/c1-5-6-7-26-20-10-19-14(8-15(20)22)16-9-18(24)21(25-4)11-23(16)17(12-27-19)13(2)3/h8-11,13,17H,5-7,12H2,1-4H3/t17-/m0/s1. The molecule has 1 aromatic carbocycles. The summed E-state index contributed by atoms with van der Waals surface area (Å²) in [6, 6.07) is 5.30. The Bertz CT molecular complexity index is 875. The summed E-state index contributed by atoms with van der Waals surface area (Å²) in [4.78, 5) is 12.4. The maximum absolute atomic E-state index is 12.4. The lowest BCUT2D eigenvalue weighted by Crippen LogP contribution is -2.23. The second-order valence-electron chi connectivity index (χ2n) is 7.10. The van der Waals surface area contributed by atoms with E-state index in [0.717, 1.165) is 24.1 Å². The van der Waals surface area contributed by atoms with E-state index in [1.807, 2.05) is 12.1 Å². The molecule has 0 saturated carbocycles. The fourth-order valence-electron chi connectivity index (χ4n) is 3.23. The summed E-state index contributed by atoms with van der Waals surface area (Å²) in [7, 11) is 1.51. The van der Waals surface area contributed by atoms with E-state index < -0.39 is 0 Å². The maximum Gasteiger partial charge on any atom is 0.223 e. The van der Waals surface area contributed by atoms with Crippen LogP contribution in [0.5, 0.6) is 17.2 Å². The highest BCUT2D eigenvalue weighted by atomic mass is 35.5. The fourth-order valence-corrected chi connectivity index (χ4v) is 3.45. The Kier molecular flexibility index (Phi) is 6.00. The summed E-state index contributed by atoms with van der Waals surface area (Å²) in [6.45, 7) is 7.46. The predicted molar refractivity (Wildman–Crippen MR) is 107 cm³/mol. The Morgan fingerprint density at radius 3 is 2.74 bits per heavy atom. The van der Waals surface area contributed by atoms with Crippen molar-refractivity contribution < 1.29 is 14.2 Å². The van der Waals surface area contributed by atoms with Gasteiger partial charge in [-0.1, -0.05) is 38.8 Å². The molecule has 6 heteroatoms. The first-order valence-corrected chi connectivity index (χ1v) is 9.73. The van der Waals surface area contributed by atoms with Crippen molar-refractivity contribution in [2.45, 2.75) is 39.7 Å². The number of ether oxygens (including phenoxy) is 3. The molecule has 1 atom stereocenters. The second-order valence-corrected chi connectivity index (χ2v) is 7.51. The zero-order valence-electron chi connectivity index (χ0n) is 16.3. The fraction of sp³-hybridized carbons (Fsp3) is 0.476. The number of nitrogens with zero attached hydrogens (tertiary/aromatic N) is 1. The molecular formula is C21H26ClNO4. The largest absolute Gasteiger partial charge is 0.492 e. The summed E-state index contributed by atoms with van der Waals surface area (Å²) in [5.41, 5.74) is 1.39. The molecule has 0 fully saturated rings. The second kappa shape index (κ2) is 8.26. The quantitative estimate of drug-likeness (QED) is 0.654. The third kappa shape index (κ3) is 3.93. The topological polar surface area (TPSA) is 49.7 Å². The van der Waals surface area contributed by atoms with Crippen LogP contribution in [-0.4, -0.2) is 24.9 Å². The number of benzene rings is 1. The molecule has 0 amide bonds. The maximum atomic E-state index is 12.4. The molecule has 0 spiro atoms. The Hall–Kier alpha value is -2.14. The molecular weight excluding hydrogens is 366 g/mol. The summed E-state index contributed by atoms with van der Waals surface area (Å²) < 4.78 is 19.2. The highest BCUT2D eigenvalue weighted by Gasteiger charge is 2.27. The minimum absolute atomic E-state index is 0.0603. The lowest BCUT2D eigenvalue weighted by Gasteiger charge is -2.24. The van der Waals surface area contributed by atoms with Gasteiger partial charge in [0.25, 0.3) is 0 Å². The third-order valence-corrected chi connectivity index (χ3v) is 5.16. The SMILES string of the molecule is CCCCOc1cc2c(cc1Cl)-c1cc(=O)c(OC)cn1[C@H](C(C)C)CO2. The smallest absolute Gasteiger partial charge is 0.223 e. The number of hydrogen-bond acceptors (Lipinski definition) is 4. The Morgan fingerprint density at radius 2 is 2.07 bits per heavy atom. The van der Waals surface area contributed by atoms with Crippen LogP contribution in [-0.2, 0) is 0 Å². The van der Waals surface area contributed by atoms with Crippen LogP contribution in [0.25, 0.3) is 11.3 Å². The van der Waals surface area contributed by atoms with Crippen molar-refractivity contribution in [3.05, 3.63) is 39.6 Å². The van der Waals surface area contributed by atoms with Gasteiger partial charge in [-0.3, -0.25) is 4.79 Å². The van der Waals surface area contributed by atoms with Crippen LogP contribution in [0.3, 0.4) is 0 Å². The minimum Gasteiger partial charge on any atom is -0.492 e. The first-order chi connectivity index (χ1) is 13.0. The van der Waals surface area contributed by atoms with E-state index in [2.05, 4.69) is 25.3 Å². The number of pyridine rings is 1. The molecule has 0 N–H and O–H groups in total. The van der Waals surface area contributed by atoms with Gasteiger partial charge in [-0.05, 0) is 18.4 Å². The Labute approximate surface area is 164 Å². The van der Waals surface area contributed by atoms with Gasteiger partial charge in [0.2, 0.25) is 5.43 Å². The van der Waals surface area contributed by atoms with Gasteiger partial charge in [0, 0.05) is 17.7 Å². The number of fused-ring (bicyclic) bond motifs is 3. The summed E-state index contributed by atoms with van der Waals surface area (Å²) in [5, 5.41) is 0.506. The lowest BCUT2D eigenvalue weighted by atomic mass is 10.0. The number of aromatic nitrogens is 1. The molecule has 2 aromatic rings. The van der Waals surface area contributed by atoms with Crippen molar-refractivity contribution in [3.63, 3.8) is 0 Å². The molecule has 3 rings (SSSR count). The number of unbranched alkanes of at least 4 members (excludes halogenated alkanes) is 1. The molecule has 1 aliphatic rings. The van der Waals surface area contributed by atoms with Crippen LogP contribution in [0.4, 0.5) is 0 Å². The van der Waals surface area contributed by atoms with Crippen LogP contribution in [0.15, 0.2) is 29.2 Å². The average molecular weight is 392 g/mol. The average Bonchev–Trinajstić information content (AvgIpc) is 2.78. The van der Waals surface area contributed by atoms with E-state index in [-0.39, 0.29) is 11.5 Å². The monoisotopic (exact) mass is 391 g/mol. The van der Waals surface area contributed by atoms with Gasteiger partial charge < -0.3 is 18.8 Å². The highest BCUT2D eigenvalue weighted by molar-refractivity contribution is 6.32. The van der Waals surface area contributed by atoms with E-state index >= 15 is 0 Å². The van der Waals surface area contributed by atoms with Gasteiger partial charge in [0.05, 0.1) is 36.7 Å². The molecule has 1 aliphatic heterocycles. The van der Waals surface area contributed by atoms with Gasteiger partial charge in [0.1, 0.15) is 18.1 Å². The number of halogens is 1. The molecule has 1 aromatic heterocycles. The van der Waals surface area contributed by atoms with Gasteiger partial charge in [-0.2, -0.15) is 0 Å². The Morgan fingerprint density at radius 1 is 1.30 bits per heavy atom. The van der Waals surface area contributed by atoms with Crippen molar-refractivity contribution in [1.29, 1.82) is 0 Å². The van der Waals surface area contributed by atoms with Gasteiger partial charge in [-0.25, -0.2) is 0 Å². The lowest BCUT2D eigenvalue weighted by molar-refractivity contribution is 0.217. The van der Waals surface area contributed by atoms with Gasteiger partial charge >= 0.3 is 0 Å². The van der Waals surface area contributed by atoms with E-state index in [0.29, 0.717) is 41.4 Å². The van der Waals surface area contributed by atoms with E-state index in [4.69, 9.17) is 25.8 Å². The first kappa shape index (κ1) is 19.6. The van der Waals surface area contributed by atoms with E-state index in [1.54, 1.807) is 12.3 Å². The molecule has 0 bridgehead atoms. The predicted octanol–water partition coefficient (Wildman–Crippen LogP) is 4.95. The van der Waals surface area contributed by atoms with Crippen molar-refractivity contribution in [1.82, 2.24) is 4.57 Å². The molecule has 0 unspecified atom stereocenters. The van der Waals surface area contributed by atoms with Crippen LogP contribution in [0, 0.1) is 5.92 Å². The molecule has 27 heavy (non-hydrogen) atoms. The minimum atomic E-state index is -0.168. The number of methoxy groups -OCH3 is 1. The molecule has 146 valence electrons. The molecule has 0 aliphatic carbocycles. The normalized spacial score (nSPS) is 15.6.